The first-order valence-electron chi connectivity index (χ1n) is 6.15. The maximum absolute atomic E-state index is 10.3. The molecule has 1 aromatic carbocycles. The Morgan fingerprint density at radius 3 is 2.32 bits per heavy atom. The van der Waals surface area contributed by atoms with Crippen LogP contribution in [0.15, 0.2) is 42.6 Å². The van der Waals surface area contributed by atoms with Crippen molar-refractivity contribution in [1.82, 2.24) is 4.98 Å². The molecule has 0 fully saturated rings. The fourth-order valence-corrected chi connectivity index (χ4v) is 1.78. The van der Waals surface area contributed by atoms with Crippen LogP contribution in [0.3, 0.4) is 0 Å². The van der Waals surface area contributed by atoms with Crippen molar-refractivity contribution in [2.24, 2.45) is 0 Å². The Morgan fingerprint density at radius 2 is 1.79 bits per heavy atom. The second kappa shape index (κ2) is 6.20. The molecule has 1 aromatic heterocycles. The van der Waals surface area contributed by atoms with Gasteiger partial charge in [-0.1, -0.05) is 12.1 Å². The molecule has 4 nitrogen and oxygen atoms in total. The van der Waals surface area contributed by atoms with Crippen molar-refractivity contribution in [3.05, 3.63) is 53.7 Å². The van der Waals surface area contributed by atoms with Crippen molar-refractivity contribution in [1.29, 1.82) is 0 Å². The Kier molecular flexibility index (Phi) is 4.36. The van der Waals surface area contributed by atoms with E-state index in [1.54, 1.807) is 25.4 Å². The van der Waals surface area contributed by atoms with Crippen LogP contribution in [0.5, 0.6) is 11.6 Å². The Labute approximate surface area is 112 Å². The number of pyridine rings is 1. The van der Waals surface area contributed by atoms with Crippen molar-refractivity contribution < 1.29 is 14.6 Å². The van der Waals surface area contributed by atoms with Gasteiger partial charge in [0.25, 0.3) is 0 Å². The van der Waals surface area contributed by atoms with Gasteiger partial charge in [-0.2, -0.15) is 0 Å². The van der Waals surface area contributed by atoms with Gasteiger partial charge in [-0.15, -0.1) is 0 Å². The van der Waals surface area contributed by atoms with E-state index in [2.05, 4.69) is 4.98 Å². The van der Waals surface area contributed by atoms with E-state index < -0.39 is 6.10 Å². The smallest absolute Gasteiger partial charge is 0.212 e. The van der Waals surface area contributed by atoms with Gasteiger partial charge in [0.15, 0.2) is 0 Å². The maximum atomic E-state index is 10.3. The molecule has 1 N–H and O–H groups in total. The second-order valence-corrected chi connectivity index (χ2v) is 4.04. The SMILES string of the molecule is CCOc1ccc(C(O)c2ccc(OC)nc2)cc1. The second-order valence-electron chi connectivity index (χ2n) is 4.04. The standard InChI is InChI=1S/C15H17NO3/c1-3-19-13-7-4-11(5-8-13)15(17)12-6-9-14(18-2)16-10-12/h4-10,15,17H,3H2,1-2H3. The van der Waals surface area contributed by atoms with E-state index in [9.17, 15) is 5.11 Å². The average molecular weight is 259 g/mol. The zero-order valence-corrected chi connectivity index (χ0v) is 11.0. The number of aromatic nitrogens is 1. The molecule has 0 bridgehead atoms. The van der Waals surface area contributed by atoms with Crippen molar-refractivity contribution in [2.45, 2.75) is 13.0 Å². The highest BCUT2D eigenvalue weighted by Gasteiger charge is 2.11. The summed E-state index contributed by atoms with van der Waals surface area (Å²) in [6, 6.07) is 10.9. The maximum Gasteiger partial charge on any atom is 0.212 e. The molecular weight excluding hydrogens is 242 g/mol. The number of rotatable bonds is 5. The fourth-order valence-electron chi connectivity index (χ4n) is 1.78. The highest BCUT2D eigenvalue weighted by atomic mass is 16.5. The highest BCUT2D eigenvalue weighted by Crippen LogP contribution is 2.24. The first-order valence-corrected chi connectivity index (χ1v) is 6.15. The zero-order chi connectivity index (χ0) is 13.7. The minimum absolute atomic E-state index is 0.530. The van der Waals surface area contributed by atoms with E-state index >= 15 is 0 Å². The Bertz CT molecular complexity index is 508. The molecule has 0 aliphatic rings. The lowest BCUT2D eigenvalue weighted by Gasteiger charge is -2.12. The van der Waals surface area contributed by atoms with E-state index in [1.165, 1.54) is 0 Å². The number of hydrogen-bond acceptors (Lipinski definition) is 4. The summed E-state index contributed by atoms with van der Waals surface area (Å²) in [6.45, 7) is 2.57. The third kappa shape index (κ3) is 3.23. The summed E-state index contributed by atoms with van der Waals surface area (Å²) in [5, 5.41) is 10.3. The van der Waals surface area contributed by atoms with Crippen LogP contribution >= 0.6 is 0 Å². The molecule has 1 unspecified atom stereocenters. The summed E-state index contributed by atoms with van der Waals surface area (Å²) in [6.07, 6.45) is 0.911. The van der Waals surface area contributed by atoms with Crippen LogP contribution in [-0.4, -0.2) is 23.8 Å². The molecule has 19 heavy (non-hydrogen) atoms. The van der Waals surface area contributed by atoms with Crippen LogP contribution in [0.4, 0.5) is 0 Å². The lowest BCUT2D eigenvalue weighted by molar-refractivity contribution is 0.219. The molecule has 2 aromatic rings. The Morgan fingerprint density at radius 1 is 1.11 bits per heavy atom. The largest absolute Gasteiger partial charge is 0.494 e. The molecule has 0 saturated heterocycles. The number of nitrogens with zero attached hydrogens (tertiary/aromatic N) is 1. The van der Waals surface area contributed by atoms with Gasteiger partial charge in [-0.25, -0.2) is 4.98 Å². The van der Waals surface area contributed by atoms with Crippen LogP contribution in [-0.2, 0) is 0 Å². The van der Waals surface area contributed by atoms with Gasteiger partial charge in [-0.3, -0.25) is 0 Å². The van der Waals surface area contributed by atoms with E-state index in [4.69, 9.17) is 9.47 Å². The molecule has 0 radical (unpaired) electrons. The van der Waals surface area contributed by atoms with Crippen LogP contribution < -0.4 is 9.47 Å². The number of benzene rings is 1. The van der Waals surface area contributed by atoms with Crippen molar-refractivity contribution in [3.63, 3.8) is 0 Å². The van der Waals surface area contributed by atoms with Crippen LogP contribution in [0, 0.1) is 0 Å². The van der Waals surface area contributed by atoms with Crippen molar-refractivity contribution in [3.8, 4) is 11.6 Å². The number of ether oxygens (including phenoxy) is 2. The molecule has 2 rings (SSSR count). The van der Waals surface area contributed by atoms with E-state index in [-0.39, 0.29) is 0 Å². The molecule has 0 amide bonds. The van der Waals surface area contributed by atoms with Gasteiger partial charge in [0.2, 0.25) is 5.88 Å². The molecule has 0 spiro atoms. The van der Waals surface area contributed by atoms with Gasteiger partial charge < -0.3 is 14.6 Å². The van der Waals surface area contributed by atoms with Gasteiger partial charge in [0, 0.05) is 17.8 Å². The number of aliphatic hydroxyl groups is 1. The summed E-state index contributed by atoms with van der Waals surface area (Å²) in [4.78, 5) is 4.08. The minimum atomic E-state index is -0.700. The van der Waals surface area contributed by atoms with Crippen LogP contribution in [0.25, 0.3) is 0 Å². The third-order valence-corrected chi connectivity index (χ3v) is 2.79. The Hall–Kier alpha value is -2.07. The summed E-state index contributed by atoms with van der Waals surface area (Å²) >= 11 is 0. The monoisotopic (exact) mass is 259 g/mol. The quantitative estimate of drug-likeness (QED) is 0.896. The predicted octanol–water partition coefficient (Wildman–Crippen LogP) is 2.57. The number of hydrogen-bond donors (Lipinski definition) is 1. The molecule has 4 heteroatoms. The van der Waals surface area contributed by atoms with Gasteiger partial charge in [-0.05, 0) is 30.7 Å². The minimum Gasteiger partial charge on any atom is -0.494 e. The van der Waals surface area contributed by atoms with E-state index in [1.807, 2.05) is 31.2 Å². The molecule has 0 aliphatic heterocycles. The van der Waals surface area contributed by atoms with Crippen LogP contribution in [0.1, 0.15) is 24.2 Å². The summed E-state index contributed by atoms with van der Waals surface area (Å²) in [7, 11) is 1.56. The lowest BCUT2D eigenvalue weighted by Crippen LogP contribution is -2.01. The summed E-state index contributed by atoms with van der Waals surface area (Å²) in [5.74, 6) is 1.33. The average Bonchev–Trinajstić information content (AvgIpc) is 2.48. The van der Waals surface area contributed by atoms with Gasteiger partial charge in [0.05, 0.1) is 13.7 Å². The topological polar surface area (TPSA) is 51.6 Å². The predicted molar refractivity (Wildman–Crippen MR) is 72.5 cm³/mol. The van der Waals surface area contributed by atoms with Crippen LogP contribution in [0.2, 0.25) is 0 Å². The summed E-state index contributed by atoms with van der Waals surface area (Å²) < 4.78 is 10.4. The molecule has 100 valence electrons. The normalized spacial score (nSPS) is 11.9. The third-order valence-electron chi connectivity index (χ3n) is 2.79. The fraction of sp³-hybridized carbons (Fsp3) is 0.267. The molecule has 0 aliphatic carbocycles. The van der Waals surface area contributed by atoms with E-state index in [0.717, 1.165) is 16.9 Å². The molecule has 1 heterocycles. The number of methoxy groups -OCH3 is 1. The van der Waals surface area contributed by atoms with Gasteiger partial charge >= 0.3 is 0 Å². The van der Waals surface area contributed by atoms with Gasteiger partial charge in [0.1, 0.15) is 11.9 Å². The van der Waals surface area contributed by atoms with Crippen molar-refractivity contribution >= 4 is 0 Å². The van der Waals surface area contributed by atoms with Crippen molar-refractivity contribution in [2.75, 3.05) is 13.7 Å². The first-order chi connectivity index (χ1) is 9.24. The van der Waals surface area contributed by atoms with E-state index in [0.29, 0.717) is 12.5 Å². The molecule has 1 atom stereocenters. The Balaban J connectivity index is 2.15. The zero-order valence-electron chi connectivity index (χ0n) is 11.0. The molecule has 0 saturated carbocycles. The first kappa shape index (κ1) is 13.4. The summed E-state index contributed by atoms with van der Waals surface area (Å²) in [5.41, 5.74) is 1.53. The highest BCUT2D eigenvalue weighted by molar-refractivity contribution is 5.33. The number of aliphatic hydroxyl groups excluding tert-OH is 1. The lowest BCUT2D eigenvalue weighted by atomic mass is 10.0. The molecular formula is C15H17NO3.